The number of carbonyl (C=O) groups excluding carboxylic acids is 1. The second-order valence-electron chi connectivity index (χ2n) is 6.48. The molecule has 1 heterocycles. The van der Waals surface area contributed by atoms with E-state index in [9.17, 15) is 4.79 Å². The molecule has 1 saturated carbocycles. The number of carbonyl (C=O) groups is 1. The van der Waals surface area contributed by atoms with Gasteiger partial charge in [0.15, 0.2) is 0 Å². The first-order valence-corrected chi connectivity index (χ1v) is 8.31. The van der Waals surface area contributed by atoms with Gasteiger partial charge < -0.3 is 10.2 Å². The van der Waals surface area contributed by atoms with Crippen molar-refractivity contribution in [3.05, 3.63) is 48.0 Å². The molecule has 1 N–H and O–H groups in total. The van der Waals surface area contributed by atoms with Crippen LogP contribution < -0.4 is 5.32 Å². The Bertz CT molecular complexity index is 695. The molecule has 2 unspecified atom stereocenters. The largest absolute Gasteiger partial charge is 0.341 e. The van der Waals surface area contributed by atoms with Crippen molar-refractivity contribution in [1.82, 2.24) is 10.2 Å². The van der Waals surface area contributed by atoms with Crippen molar-refractivity contribution in [3.8, 4) is 0 Å². The molecular weight excluding hydrogens is 308 g/mol. The highest BCUT2D eigenvalue weighted by Gasteiger charge is 2.45. The average Bonchev–Trinajstić information content (AvgIpc) is 3.37. The lowest BCUT2D eigenvalue weighted by atomic mass is 10.0. The van der Waals surface area contributed by atoms with E-state index >= 15 is 0 Å². The Balaban J connectivity index is 0.00000156. The molecule has 0 bridgehead atoms. The van der Waals surface area contributed by atoms with Gasteiger partial charge in [-0.05, 0) is 41.6 Å². The Hall–Kier alpha value is -1.58. The van der Waals surface area contributed by atoms with Crippen molar-refractivity contribution < 1.29 is 4.79 Å². The maximum Gasteiger partial charge on any atom is 0.226 e. The van der Waals surface area contributed by atoms with E-state index in [1.807, 2.05) is 0 Å². The highest BCUT2D eigenvalue weighted by atomic mass is 35.5. The smallest absolute Gasteiger partial charge is 0.226 e. The van der Waals surface area contributed by atoms with Gasteiger partial charge >= 0.3 is 0 Å². The predicted octanol–water partition coefficient (Wildman–Crippen LogP) is 3.19. The maximum absolute atomic E-state index is 12.7. The summed E-state index contributed by atoms with van der Waals surface area (Å²) in [4.78, 5) is 14.7. The van der Waals surface area contributed by atoms with E-state index in [0.29, 0.717) is 11.8 Å². The van der Waals surface area contributed by atoms with Crippen molar-refractivity contribution in [1.29, 1.82) is 0 Å². The molecule has 1 aliphatic heterocycles. The molecule has 1 amide bonds. The lowest BCUT2D eigenvalue weighted by Crippen LogP contribution is -2.35. The van der Waals surface area contributed by atoms with Crippen LogP contribution in [-0.4, -0.2) is 37.0 Å². The van der Waals surface area contributed by atoms with E-state index in [0.717, 1.165) is 39.0 Å². The van der Waals surface area contributed by atoms with Crippen LogP contribution in [0.3, 0.4) is 0 Å². The molecule has 0 radical (unpaired) electrons. The van der Waals surface area contributed by atoms with E-state index in [1.54, 1.807) is 0 Å². The quantitative estimate of drug-likeness (QED) is 0.917. The Labute approximate surface area is 143 Å². The SMILES string of the molecule is Cl.O=C(C1CC1c1ccc2ccccc2c1)N1CCCNCC1. The van der Waals surface area contributed by atoms with Crippen LogP contribution in [0.2, 0.25) is 0 Å². The summed E-state index contributed by atoms with van der Waals surface area (Å²) in [6, 6.07) is 15.1. The number of nitrogens with zero attached hydrogens (tertiary/aromatic N) is 1. The minimum Gasteiger partial charge on any atom is -0.341 e. The molecule has 0 aromatic heterocycles. The summed E-state index contributed by atoms with van der Waals surface area (Å²) in [6.45, 7) is 3.73. The fourth-order valence-electron chi connectivity index (χ4n) is 3.58. The second kappa shape index (κ2) is 6.90. The molecule has 4 rings (SSSR count). The van der Waals surface area contributed by atoms with Crippen molar-refractivity contribution in [2.24, 2.45) is 5.92 Å². The van der Waals surface area contributed by atoms with E-state index < -0.39 is 0 Å². The van der Waals surface area contributed by atoms with Crippen LogP contribution in [0.25, 0.3) is 10.8 Å². The van der Waals surface area contributed by atoms with Gasteiger partial charge in [0.1, 0.15) is 0 Å². The monoisotopic (exact) mass is 330 g/mol. The number of nitrogens with one attached hydrogen (secondary N) is 1. The van der Waals surface area contributed by atoms with Crippen LogP contribution in [0.1, 0.15) is 24.3 Å². The first kappa shape index (κ1) is 16.3. The van der Waals surface area contributed by atoms with Crippen LogP contribution in [-0.2, 0) is 4.79 Å². The zero-order valence-electron chi connectivity index (χ0n) is 13.2. The van der Waals surface area contributed by atoms with Crippen molar-refractivity contribution in [2.75, 3.05) is 26.2 Å². The summed E-state index contributed by atoms with van der Waals surface area (Å²) in [7, 11) is 0. The summed E-state index contributed by atoms with van der Waals surface area (Å²) in [5.41, 5.74) is 1.32. The van der Waals surface area contributed by atoms with E-state index in [-0.39, 0.29) is 18.3 Å². The lowest BCUT2D eigenvalue weighted by molar-refractivity contribution is -0.132. The summed E-state index contributed by atoms with van der Waals surface area (Å²) < 4.78 is 0. The second-order valence-corrected chi connectivity index (χ2v) is 6.48. The third kappa shape index (κ3) is 3.36. The molecule has 2 aliphatic rings. The van der Waals surface area contributed by atoms with Gasteiger partial charge in [0.2, 0.25) is 5.91 Å². The molecule has 2 aromatic carbocycles. The Kier molecular flexibility index (Phi) is 4.88. The minimum absolute atomic E-state index is 0. The lowest BCUT2D eigenvalue weighted by Gasteiger charge is -2.20. The van der Waals surface area contributed by atoms with Crippen molar-refractivity contribution >= 4 is 29.1 Å². The van der Waals surface area contributed by atoms with Crippen molar-refractivity contribution in [3.63, 3.8) is 0 Å². The Morgan fingerprint density at radius 1 is 1.04 bits per heavy atom. The number of amides is 1. The maximum atomic E-state index is 12.7. The molecular formula is C19H23ClN2O. The standard InChI is InChI=1S/C19H22N2O.ClH/c22-19(21-10-3-8-20-9-11-21)18-13-17(18)16-7-6-14-4-1-2-5-15(14)12-16;/h1-2,4-7,12,17-18,20H,3,8-11,13H2;1H. The molecule has 2 fully saturated rings. The molecule has 2 aromatic rings. The fraction of sp³-hybridized carbons (Fsp3) is 0.421. The van der Waals surface area contributed by atoms with E-state index in [4.69, 9.17) is 0 Å². The Morgan fingerprint density at radius 3 is 2.74 bits per heavy atom. The molecule has 2 atom stereocenters. The molecule has 23 heavy (non-hydrogen) atoms. The van der Waals surface area contributed by atoms with Gasteiger partial charge in [-0.15, -0.1) is 12.4 Å². The molecule has 1 aliphatic carbocycles. The first-order chi connectivity index (χ1) is 10.8. The van der Waals surface area contributed by atoms with Gasteiger partial charge in [0.25, 0.3) is 0 Å². The normalized spacial score (nSPS) is 23.9. The third-order valence-corrected chi connectivity index (χ3v) is 4.96. The van der Waals surface area contributed by atoms with Crippen LogP contribution >= 0.6 is 12.4 Å². The minimum atomic E-state index is 0. The van der Waals surface area contributed by atoms with Gasteiger partial charge in [0, 0.05) is 25.6 Å². The number of hydrogen-bond acceptors (Lipinski definition) is 2. The van der Waals surface area contributed by atoms with Crippen molar-refractivity contribution in [2.45, 2.75) is 18.8 Å². The fourth-order valence-corrected chi connectivity index (χ4v) is 3.58. The van der Waals surface area contributed by atoms with Gasteiger partial charge in [-0.1, -0.05) is 42.5 Å². The van der Waals surface area contributed by atoms with Gasteiger partial charge in [-0.2, -0.15) is 0 Å². The third-order valence-electron chi connectivity index (χ3n) is 4.96. The highest BCUT2D eigenvalue weighted by molar-refractivity contribution is 5.86. The zero-order valence-corrected chi connectivity index (χ0v) is 14.0. The zero-order chi connectivity index (χ0) is 14.9. The number of benzene rings is 2. The van der Waals surface area contributed by atoms with Crippen LogP contribution in [0.5, 0.6) is 0 Å². The van der Waals surface area contributed by atoms with E-state index in [2.05, 4.69) is 52.7 Å². The highest BCUT2D eigenvalue weighted by Crippen LogP contribution is 2.49. The predicted molar refractivity (Wildman–Crippen MR) is 96.1 cm³/mol. The number of hydrogen-bond donors (Lipinski definition) is 1. The topological polar surface area (TPSA) is 32.3 Å². The molecule has 1 saturated heterocycles. The molecule has 4 heteroatoms. The number of rotatable bonds is 2. The molecule has 0 spiro atoms. The molecule has 3 nitrogen and oxygen atoms in total. The van der Waals surface area contributed by atoms with Gasteiger partial charge in [-0.25, -0.2) is 0 Å². The first-order valence-electron chi connectivity index (χ1n) is 8.31. The number of halogens is 1. The van der Waals surface area contributed by atoms with E-state index in [1.165, 1.54) is 16.3 Å². The summed E-state index contributed by atoms with van der Waals surface area (Å²) in [5.74, 6) is 0.995. The van der Waals surface area contributed by atoms with Crippen LogP contribution in [0.4, 0.5) is 0 Å². The summed E-state index contributed by atoms with van der Waals surface area (Å²) in [5, 5.41) is 5.91. The summed E-state index contributed by atoms with van der Waals surface area (Å²) in [6.07, 6.45) is 2.08. The van der Waals surface area contributed by atoms with Crippen LogP contribution in [0.15, 0.2) is 42.5 Å². The average molecular weight is 331 g/mol. The molecule has 122 valence electrons. The number of fused-ring (bicyclic) bond motifs is 1. The van der Waals surface area contributed by atoms with Gasteiger partial charge in [-0.3, -0.25) is 4.79 Å². The van der Waals surface area contributed by atoms with Gasteiger partial charge in [0.05, 0.1) is 0 Å². The van der Waals surface area contributed by atoms with Crippen LogP contribution in [0, 0.1) is 5.92 Å². The Morgan fingerprint density at radius 2 is 1.87 bits per heavy atom. The summed E-state index contributed by atoms with van der Waals surface area (Å²) >= 11 is 0.